The number of carbonyl (C=O) groups excluding carboxylic acids is 2. The van der Waals surface area contributed by atoms with Crippen LogP contribution < -0.4 is 5.32 Å². The van der Waals surface area contributed by atoms with Crippen molar-refractivity contribution in [3.63, 3.8) is 0 Å². The van der Waals surface area contributed by atoms with E-state index in [0.29, 0.717) is 39.8 Å². The lowest BCUT2D eigenvalue weighted by Gasteiger charge is -2.22. The number of carbonyl (C=O) groups is 2. The molecule has 28 heavy (non-hydrogen) atoms. The summed E-state index contributed by atoms with van der Waals surface area (Å²) >= 11 is 11.9. The van der Waals surface area contributed by atoms with Crippen molar-refractivity contribution < 1.29 is 9.59 Å². The van der Waals surface area contributed by atoms with Crippen LogP contribution in [0.5, 0.6) is 0 Å². The molecular weight excluding hydrogens is 397 g/mol. The van der Waals surface area contributed by atoms with Crippen LogP contribution >= 0.6 is 23.2 Å². The van der Waals surface area contributed by atoms with E-state index in [-0.39, 0.29) is 11.8 Å². The Kier molecular flexibility index (Phi) is 6.35. The minimum Gasteiger partial charge on any atom is -0.327 e. The van der Waals surface area contributed by atoms with Gasteiger partial charge in [-0.25, -0.2) is 0 Å². The molecule has 1 atom stereocenters. The second kappa shape index (κ2) is 8.92. The van der Waals surface area contributed by atoms with E-state index in [9.17, 15) is 9.59 Å². The molecule has 142 valence electrons. The molecule has 2 aromatic carbocycles. The first-order chi connectivity index (χ1) is 13.5. The zero-order valence-electron chi connectivity index (χ0n) is 14.9. The molecule has 0 radical (unpaired) electrons. The lowest BCUT2D eigenvalue weighted by Crippen LogP contribution is -2.42. The molecule has 0 aliphatic carbocycles. The lowest BCUT2D eigenvalue weighted by molar-refractivity contribution is -0.132. The van der Waals surface area contributed by atoms with Gasteiger partial charge in [-0.2, -0.15) is 5.26 Å². The Balaban J connectivity index is 1.71. The summed E-state index contributed by atoms with van der Waals surface area (Å²) in [6.07, 6.45) is 4.32. The number of hydrogen-bond donors (Lipinski definition) is 1. The standard InChI is InChI=1S/C21H17Cl2N3O2/c22-16-10-17(23)12-18(11-16)25-21(28)19-6-3-9-26(19)20(27)8-7-14-4-1-2-5-15(14)13-24/h1-2,4-5,7-8,10-12,19H,3,6,9H2,(H,25,28)/b8-7+. The summed E-state index contributed by atoms with van der Waals surface area (Å²) in [5.41, 5.74) is 1.63. The Hall–Kier alpha value is -2.81. The minimum atomic E-state index is -0.568. The Labute approximate surface area is 173 Å². The third-order valence-corrected chi connectivity index (χ3v) is 4.89. The molecule has 3 rings (SSSR count). The Bertz CT molecular complexity index is 962. The number of hydrogen-bond acceptors (Lipinski definition) is 3. The van der Waals surface area contributed by atoms with Gasteiger partial charge >= 0.3 is 0 Å². The monoisotopic (exact) mass is 413 g/mol. The zero-order valence-corrected chi connectivity index (χ0v) is 16.4. The molecule has 1 unspecified atom stereocenters. The van der Waals surface area contributed by atoms with Crippen LogP contribution in [0, 0.1) is 11.3 Å². The summed E-state index contributed by atoms with van der Waals surface area (Å²) in [5.74, 6) is -0.551. The van der Waals surface area contributed by atoms with E-state index in [1.807, 2.05) is 0 Å². The predicted molar refractivity (Wildman–Crippen MR) is 110 cm³/mol. The second-order valence-electron chi connectivity index (χ2n) is 6.37. The summed E-state index contributed by atoms with van der Waals surface area (Å²) in [6.45, 7) is 0.497. The van der Waals surface area contributed by atoms with Crippen molar-refractivity contribution >= 4 is 46.8 Å². The fourth-order valence-corrected chi connectivity index (χ4v) is 3.68. The van der Waals surface area contributed by atoms with E-state index >= 15 is 0 Å². The maximum atomic E-state index is 12.7. The average Bonchev–Trinajstić information content (AvgIpc) is 3.15. The third kappa shape index (κ3) is 4.72. The van der Waals surface area contributed by atoms with Gasteiger partial charge in [0.2, 0.25) is 11.8 Å². The van der Waals surface area contributed by atoms with Gasteiger partial charge < -0.3 is 10.2 Å². The van der Waals surface area contributed by atoms with Gasteiger partial charge in [0.05, 0.1) is 11.6 Å². The predicted octanol–water partition coefficient (Wildman–Crippen LogP) is 4.51. The van der Waals surface area contributed by atoms with E-state index in [2.05, 4.69) is 11.4 Å². The molecule has 0 aromatic heterocycles. The number of rotatable bonds is 4. The van der Waals surface area contributed by atoms with Crippen LogP contribution in [0.3, 0.4) is 0 Å². The lowest BCUT2D eigenvalue weighted by atomic mass is 10.1. The Morgan fingerprint density at radius 2 is 1.89 bits per heavy atom. The van der Waals surface area contributed by atoms with Crippen molar-refractivity contribution in [3.05, 3.63) is 69.7 Å². The van der Waals surface area contributed by atoms with Crippen LogP contribution in [-0.4, -0.2) is 29.3 Å². The van der Waals surface area contributed by atoms with Gasteiger partial charge in [0.15, 0.2) is 0 Å². The topological polar surface area (TPSA) is 73.2 Å². The molecular formula is C21H17Cl2N3O2. The largest absolute Gasteiger partial charge is 0.327 e. The highest BCUT2D eigenvalue weighted by Crippen LogP contribution is 2.24. The van der Waals surface area contributed by atoms with E-state index in [4.69, 9.17) is 28.5 Å². The molecule has 2 amide bonds. The van der Waals surface area contributed by atoms with Crippen molar-refractivity contribution in [1.82, 2.24) is 4.90 Å². The van der Waals surface area contributed by atoms with E-state index < -0.39 is 6.04 Å². The zero-order chi connectivity index (χ0) is 20.1. The summed E-state index contributed by atoms with van der Waals surface area (Å²) in [4.78, 5) is 26.8. The maximum absolute atomic E-state index is 12.7. The molecule has 1 fully saturated rings. The van der Waals surface area contributed by atoms with Crippen LogP contribution in [-0.2, 0) is 9.59 Å². The van der Waals surface area contributed by atoms with Gasteiger partial charge in [-0.15, -0.1) is 0 Å². The Morgan fingerprint density at radius 1 is 1.18 bits per heavy atom. The molecule has 1 N–H and O–H groups in total. The van der Waals surface area contributed by atoms with Gasteiger partial charge in [-0.05, 0) is 48.7 Å². The number of amides is 2. The van der Waals surface area contributed by atoms with E-state index in [0.717, 1.165) is 6.42 Å². The van der Waals surface area contributed by atoms with Gasteiger partial charge in [0, 0.05) is 28.4 Å². The Morgan fingerprint density at radius 3 is 2.61 bits per heavy atom. The van der Waals surface area contributed by atoms with Crippen LogP contribution in [0.1, 0.15) is 24.0 Å². The van der Waals surface area contributed by atoms with E-state index in [1.54, 1.807) is 48.5 Å². The van der Waals surface area contributed by atoms with Gasteiger partial charge in [0.25, 0.3) is 0 Å². The van der Waals surface area contributed by atoms with Crippen molar-refractivity contribution in [2.75, 3.05) is 11.9 Å². The molecule has 1 heterocycles. The molecule has 1 aliphatic heterocycles. The number of anilines is 1. The fourth-order valence-electron chi connectivity index (χ4n) is 3.16. The molecule has 5 nitrogen and oxygen atoms in total. The smallest absolute Gasteiger partial charge is 0.247 e. The third-order valence-electron chi connectivity index (χ3n) is 4.46. The molecule has 2 aromatic rings. The fraction of sp³-hybridized carbons (Fsp3) is 0.190. The molecule has 7 heteroatoms. The van der Waals surface area contributed by atoms with Crippen LogP contribution in [0.4, 0.5) is 5.69 Å². The highest BCUT2D eigenvalue weighted by atomic mass is 35.5. The molecule has 1 aliphatic rings. The first kappa shape index (κ1) is 19.9. The number of benzene rings is 2. The normalized spacial score (nSPS) is 16.2. The molecule has 0 spiro atoms. The minimum absolute atomic E-state index is 0.269. The first-order valence-electron chi connectivity index (χ1n) is 8.72. The van der Waals surface area contributed by atoms with Crippen LogP contribution in [0.25, 0.3) is 6.08 Å². The molecule has 0 saturated carbocycles. The van der Waals surface area contributed by atoms with E-state index in [1.165, 1.54) is 11.0 Å². The summed E-state index contributed by atoms with van der Waals surface area (Å²) in [5, 5.41) is 12.7. The summed E-state index contributed by atoms with van der Waals surface area (Å²) in [7, 11) is 0. The summed E-state index contributed by atoms with van der Waals surface area (Å²) < 4.78 is 0. The van der Waals surface area contributed by atoms with Gasteiger partial charge in [-0.3, -0.25) is 9.59 Å². The molecule has 0 bridgehead atoms. The number of halogens is 2. The number of nitrogens with zero attached hydrogens (tertiary/aromatic N) is 2. The highest BCUT2D eigenvalue weighted by molar-refractivity contribution is 6.35. The van der Waals surface area contributed by atoms with Gasteiger partial charge in [0.1, 0.15) is 6.04 Å². The van der Waals surface area contributed by atoms with Gasteiger partial charge in [-0.1, -0.05) is 41.4 Å². The van der Waals surface area contributed by atoms with Crippen molar-refractivity contribution in [2.24, 2.45) is 0 Å². The van der Waals surface area contributed by atoms with Crippen LogP contribution in [0.2, 0.25) is 10.0 Å². The first-order valence-corrected chi connectivity index (χ1v) is 9.48. The van der Waals surface area contributed by atoms with Crippen LogP contribution in [0.15, 0.2) is 48.5 Å². The highest BCUT2D eigenvalue weighted by Gasteiger charge is 2.33. The molecule has 1 saturated heterocycles. The maximum Gasteiger partial charge on any atom is 0.247 e. The number of nitriles is 1. The van der Waals surface area contributed by atoms with Crippen molar-refractivity contribution in [1.29, 1.82) is 5.26 Å². The summed E-state index contributed by atoms with van der Waals surface area (Å²) in [6, 6.07) is 13.3. The average molecular weight is 414 g/mol. The van der Waals surface area contributed by atoms with Crippen molar-refractivity contribution in [2.45, 2.75) is 18.9 Å². The number of nitrogens with one attached hydrogen (secondary N) is 1. The SMILES string of the molecule is N#Cc1ccccc1/C=C/C(=O)N1CCCC1C(=O)Nc1cc(Cl)cc(Cl)c1. The van der Waals surface area contributed by atoms with Crippen molar-refractivity contribution in [3.8, 4) is 6.07 Å². The second-order valence-corrected chi connectivity index (χ2v) is 7.24. The number of likely N-dealkylation sites (tertiary alicyclic amines) is 1. The quantitative estimate of drug-likeness (QED) is 0.749.